The van der Waals surface area contributed by atoms with E-state index in [0.717, 1.165) is 24.1 Å². The van der Waals surface area contributed by atoms with Crippen LogP contribution < -0.4 is 9.46 Å². The molecular formula is C17H22N2O3S. The van der Waals surface area contributed by atoms with E-state index in [4.69, 9.17) is 4.74 Å². The topological polar surface area (TPSA) is 68.3 Å². The van der Waals surface area contributed by atoms with Crippen molar-refractivity contribution < 1.29 is 13.2 Å². The molecule has 2 rings (SSSR count). The number of hydrogen-bond donors (Lipinski definition) is 1. The second kappa shape index (κ2) is 7.46. The molecule has 6 heteroatoms. The van der Waals surface area contributed by atoms with Crippen LogP contribution in [0.2, 0.25) is 0 Å². The number of nitrogens with zero attached hydrogens (tertiary/aromatic N) is 1. The summed E-state index contributed by atoms with van der Waals surface area (Å²) in [6, 6.07) is 10.3. The maximum atomic E-state index is 12.7. The Hall–Kier alpha value is -2.08. The van der Waals surface area contributed by atoms with Gasteiger partial charge >= 0.3 is 0 Å². The second-order valence-corrected chi connectivity index (χ2v) is 7.07. The molecule has 0 aliphatic carbocycles. The van der Waals surface area contributed by atoms with Crippen LogP contribution in [0.15, 0.2) is 41.3 Å². The van der Waals surface area contributed by atoms with Gasteiger partial charge in [0.1, 0.15) is 16.5 Å². The highest BCUT2D eigenvalue weighted by atomic mass is 32.2. The number of ether oxygens (including phenoxy) is 1. The van der Waals surface area contributed by atoms with E-state index in [0.29, 0.717) is 18.2 Å². The van der Waals surface area contributed by atoms with Gasteiger partial charge in [-0.15, -0.1) is 0 Å². The summed E-state index contributed by atoms with van der Waals surface area (Å²) in [5, 5.41) is 0. The first-order valence-electron chi connectivity index (χ1n) is 7.62. The minimum atomic E-state index is -3.76. The number of aryl methyl sites for hydroxylation is 2. The number of unbranched alkanes of at least 4 members (excludes halogenated alkanes) is 1. The van der Waals surface area contributed by atoms with Gasteiger partial charge in [-0.2, -0.15) is 0 Å². The second-order valence-electron chi connectivity index (χ2n) is 5.42. The quantitative estimate of drug-likeness (QED) is 0.784. The van der Waals surface area contributed by atoms with E-state index in [1.54, 1.807) is 24.3 Å². The molecule has 0 saturated heterocycles. The summed E-state index contributed by atoms with van der Waals surface area (Å²) in [5.74, 6) is 0.662. The average Bonchev–Trinajstić information content (AvgIpc) is 2.48. The molecule has 0 aliphatic rings. The molecule has 23 heavy (non-hydrogen) atoms. The van der Waals surface area contributed by atoms with Crippen LogP contribution in [0.1, 0.15) is 31.0 Å². The third-order valence-corrected chi connectivity index (χ3v) is 4.65. The summed E-state index contributed by atoms with van der Waals surface area (Å²) in [6.45, 7) is 6.20. The highest BCUT2D eigenvalue weighted by molar-refractivity contribution is 7.92. The zero-order valence-electron chi connectivity index (χ0n) is 13.7. The van der Waals surface area contributed by atoms with Gasteiger partial charge in [-0.3, -0.25) is 4.72 Å². The summed E-state index contributed by atoms with van der Waals surface area (Å²) >= 11 is 0. The summed E-state index contributed by atoms with van der Waals surface area (Å²) in [4.78, 5) is 4.32. The van der Waals surface area contributed by atoms with Crippen LogP contribution in [0.4, 0.5) is 5.82 Å². The van der Waals surface area contributed by atoms with Crippen molar-refractivity contribution in [2.24, 2.45) is 0 Å². The van der Waals surface area contributed by atoms with Crippen molar-refractivity contribution in [2.75, 3.05) is 11.3 Å². The number of benzene rings is 1. The van der Waals surface area contributed by atoms with Crippen molar-refractivity contribution in [3.05, 3.63) is 47.7 Å². The molecule has 0 unspecified atom stereocenters. The Labute approximate surface area is 137 Å². The van der Waals surface area contributed by atoms with Gasteiger partial charge in [0.15, 0.2) is 0 Å². The smallest absolute Gasteiger partial charge is 0.266 e. The first-order chi connectivity index (χ1) is 10.9. The Bertz CT molecular complexity index is 773. The molecule has 0 saturated carbocycles. The van der Waals surface area contributed by atoms with Crippen molar-refractivity contribution in [3.63, 3.8) is 0 Å². The maximum Gasteiger partial charge on any atom is 0.266 e. The Morgan fingerprint density at radius 2 is 1.96 bits per heavy atom. The normalized spacial score (nSPS) is 11.3. The Balaban J connectivity index is 2.32. The molecule has 2 aromatic rings. The molecule has 0 fully saturated rings. The standard InChI is InChI=1S/C17H22N2O3S/c1-4-5-11-22-15-10-9-13(2)12-16(15)23(20,21)19-17-8-6-7-14(3)18-17/h6-10,12H,4-5,11H2,1-3H3,(H,18,19). The lowest BCUT2D eigenvalue weighted by atomic mass is 10.2. The van der Waals surface area contributed by atoms with E-state index < -0.39 is 10.0 Å². The molecule has 0 radical (unpaired) electrons. The largest absolute Gasteiger partial charge is 0.492 e. The third-order valence-electron chi connectivity index (χ3n) is 3.27. The van der Waals surface area contributed by atoms with Crippen molar-refractivity contribution in [1.29, 1.82) is 0 Å². The van der Waals surface area contributed by atoms with Gasteiger partial charge in [-0.1, -0.05) is 25.5 Å². The zero-order chi connectivity index (χ0) is 16.9. The summed E-state index contributed by atoms with van der Waals surface area (Å²) in [7, 11) is -3.76. The van der Waals surface area contributed by atoms with Crippen molar-refractivity contribution in [3.8, 4) is 5.75 Å². The molecule has 124 valence electrons. The summed E-state index contributed by atoms with van der Waals surface area (Å²) in [5.41, 5.74) is 1.60. The van der Waals surface area contributed by atoms with Gasteiger partial charge in [-0.25, -0.2) is 13.4 Å². The van der Waals surface area contributed by atoms with Gasteiger partial charge in [-0.05, 0) is 50.1 Å². The minimum absolute atomic E-state index is 0.136. The number of anilines is 1. The summed E-state index contributed by atoms with van der Waals surface area (Å²) < 4.78 is 33.5. The number of nitrogens with one attached hydrogen (secondary N) is 1. The lowest BCUT2D eigenvalue weighted by Crippen LogP contribution is -2.16. The fourth-order valence-electron chi connectivity index (χ4n) is 2.06. The monoisotopic (exact) mass is 334 g/mol. The molecule has 1 heterocycles. The Kier molecular flexibility index (Phi) is 5.60. The van der Waals surface area contributed by atoms with Gasteiger partial charge < -0.3 is 4.74 Å². The number of pyridine rings is 1. The van der Waals surface area contributed by atoms with E-state index in [2.05, 4.69) is 16.6 Å². The molecule has 5 nitrogen and oxygen atoms in total. The minimum Gasteiger partial charge on any atom is -0.492 e. The molecular weight excluding hydrogens is 312 g/mol. The van der Waals surface area contributed by atoms with Crippen LogP contribution in [-0.4, -0.2) is 20.0 Å². The van der Waals surface area contributed by atoms with Crippen LogP contribution in [0.25, 0.3) is 0 Å². The predicted molar refractivity (Wildman–Crippen MR) is 91.4 cm³/mol. The van der Waals surface area contributed by atoms with E-state index >= 15 is 0 Å². The van der Waals surface area contributed by atoms with E-state index in [-0.39, 0.29) is 4.90 Å². The van der Waals surface area contributed by atoms with Crippen LogP contribution in [0, 0.1) is 13.8 Å². The zero-order valence-corrected chi connectivity index (χ0v) is 14.5. The predicted octanol–water partition coefficient (Wildman–Crippen LogP) is 3.68. The van der Waals surface area contributed by atoms with Crippen LogP contribution in [0.3, 0.4) is 0 Å². The molecule has 0 spiro atoms. The van der Waals surface area contributed by atoms with Gasteiger partial charge in [0, 0.05) is 5.69 Å². The number of sulfonamides is 1. The molecule has 0 amide bonds. The molecule has 1 aromatic carbocycles. The van der Waals surface area contributed by atoms with E-state index in [9.17, 15) is 8.42 Å². The molecule has 0 atom stereocenters. The van der Waals surface area contributed by atoms with Crippen LogP contribution in [-0.2, 0) is 10.0 Å². The van der Waals surface area contributed by atoms with Gasteiger partial charge in [0.25, 0.3) is 10.0 Å². The average molecular weight is 334 g/mol. The maximum absolute atomic E-state index is 12.7. The van der Waals surface area contributed by atoms with Crippen LogP contribution >= 0.6 is 0 Å². The SMILES string of the molecule is CCCCOc1ccc(C)cc1S(=O)(=O)Nc1cccc(C)n1. The molecule has 1 N–H and O–H groups in total. The van der Waals surface area contributed by atoms with Crippen molar-refractivity contribution in [2.45, 2.75) is 38.5 Å². The van der Waals surface area contributed by atoms with Crippen molar-refractivity contribution >= 4 is 15.8 Å². The number of rotatable bonds is 7. The highest BCUT2D eigenvalue weighted by Crippen LogP contribution is 2.27. The van der Waals surface area contributed by atoms with Gasteiger partial charge in [0.05, 0.1) is 6.61 Å². The third kappa shape index (κ3) is 4.69. The summed E-state index contributed by atoms with van der Waals surface area (Å²) in [6.07, 6.45) is 1.86. The lowest BCUT2D eigenvalue weighted by Gasteiger charge is -2.14. The fraction of sp³-hybridized carbons (Fsp3) is 0.353. The van der Waals surface area contributed by atoms with E-state index in [1.807, 2.05) is 26.0 Å². The fourth-order valence-corrected chi connectivity index (χ4v) is 3.30. The molecule has 0 bridgehead atoms. The molecule has 0 aliphatic heterocycles. The number of hydrogen-bond acceptors (Lipinski definition) is 4. The first-order valence-corrected chi connectivity index (χ1v) is 9.10. The van der Waals surface area contributed by atoms with Gasteiger partial charge in [0.2, 0.25) is 0 Å². The Morgan fingerprint density at radius 3 is 2.65 bits per heavy atom. The molecule has 1 aromatic heterocycles. The highest BCUT2D eigenvalue weighted by Gasteiger charge is 2.20. The Morgan fingerprint density at radius 1 is 1.17 bits per heavy atom. The van der Waals surface area contributed by atoms with E-state index in [1.165, 1.54) is 0 Å². The van der Waals surface area contributed by atoms with Crippen molar-refractivity contribution in [1.82, 2.24) is 4.98 Å². The number of aromatic nitrogens is 1. The van der Waals surface area contributed by atoms with Crippen LogP contribution in [0.5, 0.6) is 5.75 Å². The lowest BCUT2D eigenvalue weighted by molar-refractivity contribution is 0.301. The first kappa shape index (κ1) is 17.3.